The summed E-state index contributed by atoms with van der Waals surface area (Å²) in [6.45, 7) is 2.67. The lowest BCUT2D eigenvalue weighted by molar-refractivity contribution is 0.598. The Morgan fingerprint density at radius 2 is 1.91 bits per heavy atom. The van der Waals surface area contributed by atoms with Crippen LogP contribution in [0.4, 0.5) is 11.8 Å². The predicted molar refractivity (Wildman–Crippen MR) is 85.8 cm³/mol. The molecule has 0 bridgehead atoms. The van der Waals surface area contributed by atoms with Crippen molar-refractivity contribution in [1.29, 1.82) is 0 Å². The second kappa shape index (κ2) is 6.71. The molecule has 0 amide bonds. The number of nitrogens with one attached hydrogen (secondary N) is 1. The van der Waals surface area contributed by atoms with Crippen molar-refractivity contribution < 1.29 is 8.42 Å². The molecule has 0 saturated carbocycles. The highest BCUT2D eigenvalue weighted by Crippen LogP contribution is 2.14. The Labute approximate surface area is 129 Å². The average Bonchev–Trinajstić information content (AvgIpc) is 2.47. The van der Waals surface area contributed by atoms with Crippen molar-refractivity contribution >= 4 is 21.8 Å². The molecule has 7 nitrogen and oxygen atoms in total. The molecule has 1 heterocycles. The normalized spacial score (nSPS) is 11.4. The first-order chi connectivity index (χ1) is 10.4. The van der Waals surface area contributed by atoms with Crippen molar-refractivity contribution in [2.24, 2.45) is 5.14 Å². The third-order valence-electron chi connectivity index (χ3n) is 3.22. The smallest absolute Gasteiger partial charge is 0.238 e. The van der Waals surface area contributed by atoms with Gasteiger partial charge < -0.3 is 11.1 Å². The van der Waals surface area contributed by atoms with Gasteiger partial charge in [0, 0.05) is 18.3 Å². The maximum Gasteiger partial charge on any atom is 0.238 e. The molecule has 0 fully saturated rings. The number of rotatable bonds is 6. The lowest BCUT2D eigenvalue weighted by atomic mass is 10.1. The van der Waals surface area contributed by atoms with Gasteiger partial charge in [-0.2, -0.15) is 4.98 Å². The monoisotopic (exact) mass is 321 g/mol. The summed E-state index contributed by atoms with van der Waals surface area (Å²) in [5.41, 5.74) is 7.59. The average molecular weight is 321 g/mol. The van der Waals surface area contributed by atoms with E-state index in [1.54, 1.807) is 18.3 Å². The van der Waals surface area contributed by atoms with E-state index in [0.717, 1.165) is 29.8 Å². The van der Waals surface area contributed by atoms with Crippen LogP contribution in [-0.4, -0.2) is 24.9 Å². The van der Waals surface area contributed by atoms with E-state index in [1.807, 2.05) is 6.92 Å². The Bertz CT molecular complexity index is 744. The maximum absolute atomic E-state index is 11.2. The van der Waals surface area contributed by atoms with Gasteiger partial charge in [0.15, 0.2) is 0 Å². The van der Waals surface area contributed by atoms with Crippen LogP contribution in [0.5, 0.6) is 0 Å². The SMILES string of the molecule is CCc1cnc(N)nc1NCCc1ccc(S(N)(=O)=O)cc1. The van der Waals surface area contributed by atoms with Crippen molar-refractivity contribution in [3.8, 4) is 0 Å². The molecule has 0 aliphatic rings. The van der Waals surface area contributed by atoms with Crippen LogP contribution in [-0.2, 0) is 22.9 Å². The number of nitrogen functional groups attached to an aromatic ring is 1. The maximum atomic E-state index is 11.2. The summed E-state index contributed by atoms with van der Waals surface area (Å²) in [4.78, 5) is 8.26. The number of aromatic nitrogens is 2. The first-order valence-electron chi connectivity index (χ1n) is 6.87. The summed E-state index contributed by atoms with van der Waals surface area (Å²) in [5, 5.41) is 8.29. The highest BCUT2D eigenvalue weighted by molar-refractivity contribution is 7.89. The molecule has 1 aromatic heterocycles. The first-order valence-corrected chi connectivity index (χ1v) is 8.41. The Hall–Kier alpha value is -2.19. The second-order valence-electron chi connectivity index (χ2n) is 4.82. The third kappa shape index (κ3) is 4.15. The van der Waals surface area contributed by atoms with Crippen LogP contribution in [0.25, 0.3) is 0 Å². The molecule has 0 spiro atoms. The third-order valence-corrected chi connectivity index (χ3v) is 4.15. The fourth-order valence-corrected chi connectivity index (χ4v) is 2.52. The van der Waals surface area contributed by atoms with Gasteiger partial charge in [-0.15, -0.1) is 0 Å². The predicted octanol–water partition coefficient (Wildman–Crippen LogP) is 0.923. The summed E-state index contributed by atoms with van der Waals surface area (Å²) in [5.74, 6) is 0.966. The zero-order chi connectivity index (χ0) is 16.2. The molecule has 1 aromatic carbocycles. The van der Waals surface area contributed by atoms with Gasteiger partial charge >= 0.3 is 0 Å². The summed E-state index contributed by atoms with van der Waals surface area (Å²) in [6.07, 6.45) is 3.25. The van der Waals surface area contributed by atoms with Gasteiger partial charge in [-0.25, -0.2) is 18.5 Å². The van der Waals surface area contributed by atoms with Gasteiger partial charge in [-0.05, 0) is 30.5 Å². The Balaban J connectivity index is 1.98. The number of hydrogen-bond acceptors (Lipinski definition) is 6. The number of hydrogen-bond donors (Lipinski definition) is 3. The molecule has 5 N–H and O–H groups in total. The molecule has 0 radical (unpaired) electrons. The molecule has 118 valence electrons. The van der Waals surface area contributed by atoms with Gasteiger partial charge in [0.1, 0.15) is 5.82 Å². The fraction of sp³-hybridized carbons (Fsp3) is 0.286. The Morgan fingerprint density at radius 1 is 1.23 bits per heavy atom. The molecular formula is C14H19N5O2S. The van der Waals surface area contributed by atoms with Crippen molar-refractivity contribution in [3.63, 3.8) is 0 Å². The summed E-state index contributed by atoms with van der Waals surface area (Å²) in [7, 11) is -3.64. The molecule has 8 heteroatoms. The zero-order valence-corrected chi connectivity index (χ0v) is 13.1. The van der Waals surface area contributed by atoms with Crippen LogP contribution in [0, 0.1) is 0 Å². The van der Waals surface area contributed by atoms with Crippen LogP contribution in [0.2, 0.25) is 0 Å². The van der Waals surface area contributed by atoms with Crippen LogP contribution in [0.1, 0.15) is 18.1 Å². The molecular weight excluding hydrogens is 302 g/mol. The van der Waals surface area contributed by atoms with Gasteiger partial charge in [0.05, 0.1) is 4.90 Å². The highest BCUT2D eigenvalue weighted by Gasteiger charge is 2.07. The number of nitrogens with zero attached hydrogens (tertiary/aromatic N) is 2. The number of sulfonamides is 1. The van der Waals surface area contributed by atoms with E-state index in [-0.39, 0.29) is 10.8 Å². The Kier molecular flexibility index (Phi) is 4.94. The minimum absolute atomic E-state index is 0.112. The molecule has 0 aliphatic carbocycles. The zero-order valence-electron chi connectivity index (χ0n) is 12.3. The lowest BCUT2D eigenvalue weighted by Crippen LogP contribution is -2.12. The van der Waals surface area contributed by atoms with Gasteiger partial charge in [0.2, 0.25) is 16.0 Å². The van der Waals surface area contributed by atoms with E-state index in [2.05, 4.69) is 15.3 Å². The topological polar surface area (TPSA) is 124 Å². The van der Waals surface area contributed by atoms with Crippen LogP contribution in [0.15, 0.2) is 35.4 Å². The second-order valence-corrected chi connectivity index (χ2v) is 6.38. The van der Waals surface area contributed by atoms with E-state index >= 15 is 0 Å². The minimum Gasteiger partial charge on any atom is -0.369 e. The van der Waals surface area contributed by atoms with E-state index in [9.17, 15) is 8.42 Å². The van der Waals surface area contributed by atoms with Crippen LogP contribution in [0.3, 0.4) is 0 Å². The molecule has 0 saturated heterocycles. The van der Waals surface area contributed by atoms with Crippen LogP contribution < -0.4 is 16.2 Å². The standard InChI is InChI=1S/C14H19N5O2S/c1-2-11-9-18-14(15)19-13(11)17-8-7-10-3-5-12(6-4-10)22(16,20)21/h3-6,9H,2,7-8H2,1H3,(H2,16,20,21)(H3,15,17,18,19). The van der Waals surface area contributed by atoms with Gasteiger partial charge in [-0.3, -0.25) is 0 Å². The van der Waals surface area contributed by atoms with E-state index in [1.165, 1.54) is 12.1 Å². The minimum atomic E-state index is -3.64. The largest absolute Gasteiger partial charge is 0.369 e. The summed E-state index contributed by atoms with van der Waals surface area (Å²) in [6, 6.07) is 6.50. The van der Waals surface area contributed by atoms with E-state index < -0.39 is 10.0 Å². The molecule has 0 unspecified atom stereocenters. The number of anilines is 2. The van der Waals surface area contributed by atoms with Gasteiger partial charge in [-0.1, -0.05) is 19.1 Å². The summed E-state index contributed by atoms with van der Waals surface area (Å²) >= 11 is 0. The fourth-order valence-electron chi connectivity index (χ4n) is 2.00. The first kappa shape index (κ1) is 16.2. The quantitative estimate of drug-likeness (QED) is 0.727. The Morgan fingerprint density at radius 3 is 2.50 bits per heavy atom. The highest BCUT2D eigenvalue weighted by atomic mass is 32.2. The molecule has 2 rings (SSSR count). The molecule has 2 aromatic rings. The molecule has 0 atom stereocenters. The number of nitrogens with two attached hydrogens (primary N) is 2. The van der Waals surface area contributed by atoms with E-state index in [0.29, 0.717) is 6.54 Å². The van der Waals surface area contributed by atoms with Crippen LogP contribution >= 0.6 is 0 Å². The number of primary sulfonamides is 1. The van der Waals surface area contributed by atoms with E-state index in [4.69, 9.17) is 10.9 Å². The van der Waals surface area contributed by atoms with Crippen molar-refractivity contribution in [1.82, 2.24) is 9.97 Å². The van der Waals surface area contributed by atoms with Gasteiger partial charge in [0.25, 0.3) is 0 Å². The lowest BCUT2D eigenvalue weighted by Gasteiger charge is -2.10. The summed E-state index contributed by atoms with van der Waals surface area (Å²) < 4.78 is 22.4. The number of benzene rings is 1. The molecule has 22 heavy (non-hydrogen) atoms. The molecule has 0 aliphatic heterocycles. The van der Waals surface area contributed by atoms with Crippen molar-refractivity contribution in [2.45, 2.75) is 24.7 Å². The number of aryl methyl sites for hydroxylation is 1. The van der Waals surface area contributed by atoms with Crippen molar-refractivity contribution in [3.05, 3.63) is 41.6 Å². The van der Waals surface area contributed by atoms with Crippen molar-refractivity contribution in [2.75, 3.05) is 17.6 Å².